The minimum atomic E-state index is -0.502. The van der Waals surface area contributed by atoms with Crippen molar-refractivity contribution in [1.82, 2.24) is 0 Å². The number of ether oxygens (including phenoxy) is 3. The summed E-state index contributed by atoms with van der Waals surface area (Å²) >= 11 is 0. The van der Waals surface area contributed by atoms with E-state index in [1.54, 1.807) is 30.3 Å². The Kier molecular flexibility index (Phi) is 6.78. The van der Waals surface area contributed by atoms with Crippen LogP contribution in [0.3, 0.4) is 0 Å². The lowest BCUT2D eigenvalue weighted by molar-refractivity contribution is -0.385. The van der Waals surface area contributed by atoms with Crippen LogP contribution in [0, 0.1) is 10.1 Å². The Morgan fingerprint density at radius 3 is 2.38 bits per heavy atom. The highest BCUT2D eigenvalue weighted by Gasteiger charge is 2.13. The Hall–Kier alpha value is -3.29. The fraction of sp³-hybridized carbons (Fsp3) is 0.278. The van der Waals surface area contributed by atoms with Crippen LogP contribution in [-0.2, 0) is 4.79 Å². The van der Waals surface area contributed by atoms with Gasteiger partial charge in [-0.25, -0.2) is 0 Å². The molecule has 0 saturated carbocycles. The van der Waals surface area contributed by atoms with Gasteiger partial charge in [-0.1, -0.05) is 12.1 Å². The van der Waals surface area contributed by atoms with Crippen LogP contribution in [0.2, 0.25) is 0 Å². The quantitative estimate of drug-likeness (QED) is 0.418. The van der Waals surface area contributed by atoms with E-state index in [4.69, 9.17) is 14.2 Å². The summed E-state index contributed by atoms with van der Waals surface area (Å²) in [5.74, 6) is 1.13. The van der Waals surface area contributed by atoms with Gasteiger partial charge in [-0.15, -0.1) is 0 Å². The molecular formula is C18H20N2O6. The molecule has 0 spiro atoms. The summed E-state index contributed by atoms with van der Waals surface area (Å²) in [4.78, 5) is 22.5. The number of carbonyl (C=O) groups excluding carboxylic acids is 1. The Morgan fingerprint density at radius 1 is 1.12 bits per heavy atom. The molecule has 0 fully saturated rings. The number of methoxy groups -OCH3 is 2. The highest BCUT2D eigenvalue weighted by molar-refractivity contribution is 5.91. The lowest BCUT2D eigenvalue weighted by atomic mass is 10.2. The van der Waals surface area contributed by atoms with E-state index in [-0.39, 0.29) is 30.4 Å². The molecule has 0 heterocycles. The largest absolute Gasteiger partial charge is 0.497 e. The lowest BCUT2D eigenvalue weighted by Gasteiger charge is -2.10. The first-order valence-corrected chi connectivity index (χ1v) is 7.92. The van der Waals surface area contributed by atoms with E-state index in [2.05, 4.69) is 5.32 Å². The molecule has 0 unspecified atom stereocenters. The number of hydrogen-bond donors (Lipinski definition) is 1. The Bertz CT molecular complexity index is 756. The number of nitrogens with one attached hydrogen (secondary N) is 1. The summed E-state index contributed by atoms with van der Waals surface area (Å²) in [5.41, 5.74) is 0.464. The predicted molar refractivity (Wildman–Crippen MR) is 96.0 cm³/mol. The van der Waals surface area contributed by atoms with Crippen molar-refractivity contribution in [2.45, 2.75) is 12.8 Å². The maximum atomic E-state index is 12.0. The molecule has 0 aliphatic rings. The molecule has 0 atom stereocenters. The van der Waals surface area contributed by atoms with Crippen molar-refractivity contribution in [3.63, 3.8) is 0 Å². The van der Waals surface area contributed by atoms with Crippen LogP contribution in [0.5, 0.6) is 17.2 Å². The van der Waals surface area contributed by atoms with Gasteiger partial charge in [-0.05, 0) is 12.5 Å². The summed E-state index contributed by atoms with van der Waals surface area (Å²) in [7, 11) is 3.06. The molecular weight excluding hydrogens is 340 g/mol. The molecule has 8 nitrogen and oxygen atoms in total. The summed E-state index contributed by atoms with van der Waals surface area (Å²) in [5, 5.41) is 13.7. The number of nitrogens with zero attached hydrogens (tertiary/aromatic N) is 1. The molecule has 2 aromatic rings. The highest BCUT2D eigenvalue weighted by Crippen LogP contribution is 2.27. The van der Waals surface area contributed by atoms with Crippen molar-refractivity contribution in [3.8, 4) is 17.2 Å². The van der Waals surface area contributed by atoms with Gasteiger partial charge in [0.1, 0.15) is 11.5 Å². The molecule has 138 valence electrons. The van der Waals surface area contributed by atoms with Crippen LogP contribution < -0.4 is 19.5 Å². The number of benzene rings is 2. The second-order valence-corrected chi connectivity index (χ2v) is 5.33. The normalized spacial score (nSPS) is 10.1. The van der Waals surface area contributed by atoms with E-state index in [0.29, 0.717) is 23.6 Å². The molecule has 0 radical (unpaired) electrons. The third-order valence-electron chi connectivity index (χ3n) is 3.50. The van der Waals surface area contributed by atoms with Crippen LogP contribution in [0.4, 0.5) is 11.4 Å². The zero-order valence-electron chi connectivity index (χ0n) is 14.6. The minimum absolute atomic E-state index is 0.0968. The zero-order chi connectivity index (χ0) is 18.9. The summed E-state index contributed by atoms with van der Waals surface area (Å²) < 4.78 is 15.7. The molecule has 0 bridgehead atoms. The van der Waals surface area contributed by atoms with E-state index in [0.717, 1.165) is 0 Å². The van der Waals surface area contributed by atoms with Gasteiger partial charge in [0.05, 0.1) is 25.7 Å². The smallest absolute Gasteiger partial charge is 0.310 e. The zero-order valence-corrected chi connectivity index (χ0v) is 14.6. The molecule has 2 aromatic carbocycles. The summed E-state index contributed by atoms with van der Waals surface area (Å²) in [6.45, 7) is 0.194. The van der Waals surface area contributed by atoms with Gasteiger partial charge in [-0.2, -0.15) is 0 Å². The predicted octanol–water partition coefficient (Wildman–Crippen LogP) is 3.41. The fourth-order valence-electron chi connectivity index (χ4n) is 2.25. The van der Waals surface area contributed by atoms with E-state index in [9.17, 15) is 14.9 Å². The van der Waals surface area contributed by atoms with Crippen molar-refractivity contribution in [2.75, 3.05) is 26.1 Å². The second kappa shape index (κ2) is 9.26. The monoisotopic (exact) mass is 360 g/mol. The molecule has 0 aliphatic carbocycles. The molecule has 2 rings (SSSR count). The average molecular weight is 360 g/mol. The van der Waals surface area contributed by atoms with Gasteiger partial charge in [0.15, 0.2) is 5.75 Å². The molecule has 1 N–H and O–H groups in total. The van der Waals surface area contributed by atoms with Gasteiger partial charge in [0.25, 0.3) is 0 Å². The number of rotatable bonds is 9. The molecule has 0 aromatic heterocycles. The van der Waals surface area contributed by atoms with Gasteiger partial charge in [0, 0.05) is 36.4 Å². The van der Waals surface area contributed by atoms with Gasteiger partial charge >= 0.3 is 5.69 Å². The first-order chi connectivity index (χ1) is 12.5. The maximum absolute atomic E-state index is 12.0. The molecule has 1 amide bonds. The topological polar surface area (TPSA) is 99.9 Å². The number of amides is 1. The number of anilines is 1. The van der Waals surface area contributed by atoms with Crippen LogP contribution >= 0.6 is 0 Å². The SMILES string of the molecule is COc1cc(NC(=O)CCCOc2ccccc2[N+](=O)[O-])cc(OC)c1. The highest BCUT2D eigenvalue weighted by atomic mass is 16.6. The van der Waals surface area contributed by atoms with Gasteiger partial charge in [0.2, 0.25) is 5.91 Å². The number of carbonyl (C=O) groups is 1. The lowest BCUT2D eigenvalue weighted by Crippen LogP contribution is -2.13. The summed E-state index contributed by atoms with van der Waals surface area (Å²) in [6, 6.07) is 11.2. The third-order valence-corrected chi connectivity index (χ3v) is 3.50. The average Bonchev–Trinajstić information content (AvgIpc) is 2.65. The van der Waals surface area contributed by atoms with E-state index in [1.807, 2.05) is 0 Å². The first-order valence-electron chi connectivity index (χ1n) is 7.92. The Balaban J connectivity index is 1.84. The Morgan fingerprint density at radius 2 is 1.77 bits per heavy atom. The van der Waals surface area contributed by atoms with Crippen molar-refractivity contribution in [3.05, 3.63) is 52.6 Å². The number of nitro groups is 1. The third kappa shape index (κ3) is 5.37. The van der Waals surface area contributed by atoms with Crippen molar-refractivity contribution < 1.29 is 23.9 Å². The van der Waals surface area contributed by atoms with Crippen molar-refractivity contribution in [1.29, 1.82) is 0 Å². The van der Waals surface area contributed by atoms with Crippen LogP contribution in [-0.4, -0.2) is 31.7 Å². The first kappa shape index (κ1) is 19.0. The molecule has 0 aliphatic heterocycles. The van der Waals surface area contributed by atoms with E-state index < -0.39 is 4.92 Å². The van der Waals surface area contributed by atoms with E-state index in [1.165, 1.54) is 26.4 Å². The summed E-state index contributed by atoms with van der Waals surface area (Å²) in [6.07, 6.45) is 0.624. The number of nitro benzene ring substituents is 1. The number of para-hydroxylation sites is 2. The van der Waals surface area contributed by atoms with Crippen molar-refractivity contribution >= 4 is 17.3 Å². The van der Waals surface area contributed by atoms with Crippen LogP contribution in [0.1, 0.15) is 12.8 Å². The van der Waals surface area contributed by atoms with Gasteiger partial charge < -0.3 is 19.5 Å². The minimum Gasteiger partial charge on any atom is -0.497 e. The number of hydrogen-bond acceptors (Lipinski definition) is 6. The molecule has 26 heavy (non-hydrogen) atoms. The van der Waals surface area contributed by atoms with Gasteiger partial charge in [-0.3, -0.25) is 14.9 Å². The fourth-order valence-corrected chi connectivity index (χ4v) is 2.25. The maximum Gasteiger partial charge on any atom is 0.310 e. The van der Waals surface area contributed by atoms with Crippen LogP contribution in [0.15, 0.2) is 42.5 Å². The van der Waals surface area contributed by atoms with Crippen LogP contribution in [0.25, 0.3) is 0 Å². The second-order valence-electron chi connectivity index (χ2n) is 5.33. The molecule has 8 heteroatoms. The Labute approximate surface area is 150 Å². The molecule has 0 saturated heterocycles. The standard InChI is InChI=1S/C18H20N2O6/c1-24-14-10-13(11-15(12-14)25-2)19-18(21)8-5-9-26-17-7-4-3-6-16(17)20(22)23/h3-4,6-7,10-12H,5,8-9H2,1-2H3,(H,19,21). The van der Waals surface area contributed by atoms with E-state index >= 15 is 0 Å². The van der Waals surface area contributed by atoms with Crippen molar-refractivity contribution in [2.24, 2.45) is 0 Å².